The molecular formula is C11H15BrN2O3. The Bertz CT molecular complexity index is 398. The van der Waals surface area contributed by atoms with Gasteiger partial charge in [0.15, 0.2) is 0 Å². The molecule has 0 saturated heterocycles. The number of rotatable bonds is 6. The van der Waals surface area contributed by atoms with E-state index < -0.39 is 4.92 Å². The Kier molecular flexibility index (Phi) is 5.54. The molecule has 0 radical (unpaired) electrons. The van der Waals surface area contributed by atoms with Crippen LogP contribution in [0.5, 0.6) is 0 Å². The van der Waals surface area contributed by atoms with Crippen molar-refractivity contribution < 1.29 is 9.66 Å². The molecular weight excluding hydrogens is 288 g/mol. The number of hydrogen-bond donors (Lipinski definition) is 1. The van der Waals surface area contributed by atoms with Crippen LogP contribution in [0.15, 0.2) is 22.7 Å². The number of aryl methyl sites for hydroxylation is 1. The fraction of sp³-hybridized carbons (Fsp3) is 0.455. The third-order valence-corrected chi connectivity index (χ3v) is 3.15. The first kappa shape index (κ1) is 14.1. The Hall–Kier alpha value is -0.980. The molecule has 1 aromatic carbocycles. The lowest BCUT2D eigenvalue weighted by Gasteiger charge is -2.10. The largest absolute Gasteiger partial charge is 0.383 e. The lowest BCUT2D eigenvalue weighted by molar-refractivity contribution is -0.384. The van der Waals surface area contributed by atoms with E-state index in [9.17, 15) is 10.1 Å². The lowest BCUT2D eigenvalue weighted by Crippen LogP contribution is -2.26. The average Bonchev–Trinajstić information content (AvgIpc) is 2.27. The second-order valence-corrected chi connectivity index (χ2v) is 4.64. The maximum atomic E-state index is 10.6. The molecule has 0 saturated carbocycles. The van der Waals surface area contributed by atoms with Crippen molar-refractivity contribution in [1.82, 2.24) is 0 Å². The van der Waals surface area contributed by atoms with Gasteiger partial charge < -0.3 is 10.5 Å². The first-order chi connectivity index (χ1) is 8.04. The van der Waals surface area contributed by atoms with Crippen LogP contribution >= 0.6 is 15.9 Å². The number of methoxy groups -OCH3 is 1. The van der Waals surface area contributed by atoms with Gasteiger partial charge in [-0.25, -0.2) is 0 Å². The third kappa shape index (κ3) is 4.41. The van der Waals surface area contributed by atoms with Crippen molar-refractivity contribution in [3.05, 3.63) is 38.3 Å². The molecule has 0 aliphatic rings. The summed E-state index contributed by atoms with van der Waals surface area (Å²) in [5, 5.41) is 10.6. The van der Waals surface area contributed by atoms with Gasteiger partial charge in [0, 0.05) is 29.8 Å². The second-order valence-electron chi connectivity index (χ2n) is 3.79. The van der Waals surface area contributed by atoms with Crippen LogP contribution in [0.25, 0.3) is 0 Å². The van der Waals surface area contributed by atoms with Crippen LogP contribution in [0.1, 0.15) is 12.0 Å². The van der Waals surface area contributed by atoms with Gasteiger partial charge in [0.05, 0.1) is 11.5 Å². The van der Waals surface area contributed by atoms with E-state index in [4.69, 9.17) is 10.5 Å². The van der Waals surface area contributed by atoms with Crippen molar-refractivity contribution in [3.63, 3.8) is 0 Å². The summed E-state index contributed by atoms with van der Waals surface area (Å²) < 4.78 is 5.69. The third-order valence-electron chi connectivity index (χ3n) is 2.41. The van der Waals surface area contributed by atoms with Crippen LogP contribution in [-0.4, -0.2) is 24.7 Å². The van der Waals surface area contributed by atoms with Gasteiger partial charge >= 0.3 is 0 Å². The summed E-state index contributed by atoms with van der Waals surface area (Å²) >= 11 is 3.33. The monoisotopic (exact) mass is 302 g/mol. The van der Waals surface area contributed by atoms with Crippen LogP contribution in [0.4, 0.5) is 5.69 Å². The van der Waals surface area contributed by atoms with Gasteiger partial charge in [-0.05, 0) is 18.4 Å². The molecule has 5 nitrogen and oxygen atoms in total. The number of hydrogen-bond acceptors (Lipinski definition) is 4. The summed E-state index contributed by atoms with van der Waals surface area (Å²) in [6.45, 7) is 0.518. The molecule has 0 heterocycles. The Balaban J connectivity index is 2.63. The molecule has 0 aliphatic carbocycles. The summed E-state index contributed by atoms with van der Waals surface area (Å²) in [6, 6.07) is 4.75. The first-order valence-electron chi connectivity index (χ1n) is 5.22. The SMILES string of the molecule is COCC(N)CCc1ccc([N+](=O)[O-])cc1Br. The predicted molar refractivity (Wildman–Crippen MR) is 69.0 cm³/mol. The van der Waals surface area contributed by atoms with E-state index in [0.717, 1.165) is 22.9 Å². The topological polar surface area (TPSA) is 78.4 Å². The van der Waals surface area contributed by atoms with Gasteiger partial charge in [-0.3, -0.25) is 10.1 Å². The van der Waals surface area contributed by atoms with Crippen molar-refractivity contribution in [2.24, 2.45) is 5.73 Å². The Morgan fingerprint density at radius 1 is 1.59 bits per heavy atom. The van der Waals surface area contributed by atoms with Crippen molar-refractivity contribution in [2.45, 2.75) is 18.9 Å². The minimum absolute atomic E-state index is 0.0120. The zero-order valence-electron chi connectivity index (χ0n) is 9.56. The van der Waals surface area contributed by atoms with Gasteiger partial charge in [-0.2, -0.15) is 0 Å². The van der Waals surface area contributed by atoms with Gasteiger partial charge in [0.2, 0.25) is 0 Å². The van der Waals surface area contributed by atoms with Crippen LogP contribution in [0.2, 0.25) is 0 Å². The summed E-state index contributed by atoms with van der Waals surface area (Å²) in [6.07, 6.45) is 1.55. The van der Waals surface area contributed by atoms with E-state index in [2.05, 4.69) is 15.9 Å². The fourth-order valence-electron chi connectivity index (χ4n) is 1.49. The van der Waals surface area contributed by atoms with Crippen LogP contribution in [-0.2, 0) is 11.2 Å². The maximum absolute atomic E-state index is 10.6. The fourth-order valence-corrected chi connectivity index (χ4v) is 2.06. The molecule has 0 amide bonds. The number of benzene rings is 1. The van der Waals surface area contributed by atoms with E-state index in [1.54, 1.807) is 13.2 Å². The molecule has 2 N–H and O–H groups in total. The van der Waals surface area contributed by atoms with Crippen molar-refractivity contribution in [2.75, 3.05) is 13.7 Å². The molecule has 0 aromatic heterocycles. The van der Waals surface area contributed by atoms with Gasteiger partial charge in [-0.1, -0.05) is 22.0 Å². The van der Waals surface area contributed by atoms with E-state index in [-0.39, 0.29) is 11.7 Å². The number of halogens is 1. The van der Waals surface area contributed by atoms with Gasteiger partial charge in [-0.15, -0.1) is 0 Å². The Morgan fingerprint density at radius 3 is 2.82 bits per heavy atom. The summed E-state index contributed by atoms with van der Waals surface area (Å²) in [7, 11) is 1.61. The lowest BCUT2D eigenvalue weighted by atomic mass is 10.1. The molecule has 6 heteroatoms. The van der Waals surface area contributed by atoms with Crippen molar-refractivity contribution in [3.8, 4) is 0 Å². The van der Waals surface area contributed by atoms with Crippen molar-refractivity contribution in [1.29, 1.82) is 0 Å². The smallest absolute Gasteiger partial charge is 0.270 e. The average molecular weight is 303 g/mol. The first-order valence-corrected chi connectivity index (χ1v) is 6.01. The van der Waals surface area contributed by atoms with E-state index in [1.165, 1.54) is 12.1 Å². The molecule has 94 valence electrons. The van der Waals surface area contributed by atoms with E-state index in [1.807, 2.05) is 0 Å². The number of nitro groups is 1. The van der Waals surface area contributed by atoms with Gasteiger partial charge in [0.1, 0.15) is 0 Å². The second kappa shape index (κ2) is 6.68. The summed E-state index contributed by atoms with van der Waals surface area (Å²) in [5.74, 6) is 0. The van der Waals surface area contributed by atoms with Gasteiger partial charge in [0.25, 0.3) is 5.69 Å². The molecule has 0 spiro atoms. The van der Waals surface area contributed by atoms with Crippen LogP contribution < -0.4 is 5.73 Å². The Labute approximate surface area is 108 Å². The molecule has 0 fully saturated rings. The molecule has 17 heavy (non-hydrogen) atoms. The molecule has 0 bridgehead atoms. The summed E-state index contributed by atoms with van der Waals surface area (Å²) in [4.78, 5) is 10.2. The highest BCUT2D eigenvalue weighted by Crippen LogP contribution is 2.24. The van der Waals surface area contributed by atoms with E-state index in [0.29, 0.717) is 6.61 Å². The van der Waals surface area contributed by atoms with Crippen LogP contribution in [0, 0.1) is 10.1 Å². The highest BCUT2D eigenvalue weighted by atomic mass is 79.9. The number of nitrogens with zero attached hydrogens (tertiary/aromatic N) is 1. The number of non-ortho nitro benzene ring substituents is 1. The van der Waals surface area contributed by atoms with E-state index >= 15 is 0 Å². The highest BCUT2D eigenvalue weighted by Gasteiger charge is 2.10. The normalized spacial score (nSPS) is 12.4. The number of nitro benzene ring substituents is 1. The van der Waals surface area contributed by atoms with Crippen LogP contribution in [0.3, 0.4) is 0 Å². The minimum atomic E-state index is -0.412. The molecule has 1 unspecified atom stereocenters. The molecule has 1 atom stereocenters. The zero-order valence-corrected chi connectivity index (χ0v) is 11.1. The number of ether oxygens (including phenoxy) is 1. The minimum Gasteiger partial charge on any atom is -0.383 e. The molecule has 1 rings (SSSR count). The summed E-state index contributed by atoms with van der Waals surface area (Å²) in [5.41, 5.74) is 6.91. The number of nitrogens with two attached hydrogens (primary N) is 1. The Morgan fingerprint density at radius 2 is 2.29 bits per heavy atom. The van der Waals surface area contributed by atoms with Crippen molar-refractivity contribution >= 4 is 21.6 Å². The predicted octanol–water partition coefficient (Wildman–Crippen LogP) is 2.26. The maximum Gasteiger partial charge on any atom is 0.270 e. The molecule has 1 aromatic rings. The quantitative estimate of drug-likeness (QED) is 0.646. The molecule has 0 aliphatic heterocycles. The highest BCUT2D eigenvalue weighted by molar-refractivity contribution is 9.10. The standard InChI is InChI=1S/C11H15BrN2O3/c1-17-7-9(13)4-2-8-3-5-10(14(15)16)6-11(8)12/h3,5-6,9H,2,4,7,13H2,1H3. The zero-order chi connectivity index (χ0) is 12.8.